The molecule has 9 heteroatoms. The minimum Gasteiger partial charge on any atom is -0.467 e. The smallest absolute Gasteiger partial charge is 0.328 e. The average Bonchev–Trinajstić information content (AvgIpc) is 2.65. The average molecular weight is 410 g/mol. The zero-order valence-electron chi connectivity index (χ0n) is 15.2. The van der Waals surface area contributed by atoms with Crippen molar-refractivity contribution in [3.63, 3.8) is 0 Å². The van der Waals surface area contributed by atoms with Crippen molar-refractivity contribution in [2.24, 2.45) is 0 Å². The molecule has 0 fully saturated rings. The molecule has 1 aromatic carbocycles. The zero-order chi connectivity index (χ0) is 20.0. The maximum absolute atomic E-state index is 12.6. The van der Waals surface area contributed by atoms with E-state index in [0.717, 1.165) is 0 Å². The second-order valence-electron chi connectivity index (χ2n) is 5.72. The van der Waals surface area contributed by atoms with E-state index in [-0.39, 0.29) is 5.69 Å². The fourth-order valence-electron chi connectivity index (χ4n) is 2.40. The summed E-state index contributed by atoms with van der Waals surface area (Å²) in [6.45, 7) is 1.71. The number of carbonyl (C=O) groups excluding carboxylic acids is 2. The first-order chi connectivity index (χ1) is 12.9. The topological polar surface area (TPSA) is 90.3 Å². The number of benzene rings is 1. The number of esters is 1. The van der Waals surface area contributed by atoms with E-state index in [4.69, 9.17) is 16.3 Å². The van der Waals surface area contributed by atoms with Gasteiger partial charge >= 0.3 is 5.97 Å². The van der Waals surface area contributed by atoms with Crippen molar-refractivity contribution in [3.8, 4) is 5.69 Å². The SMILES string of the molecule is COC(=O)C(CCSC)NC(=O)c1nn(-c2ccc(Cl)cc2)c(C)cc1=O. The number of hydrogen-bond acceptors (Lipinski definition) is 6. The maximum atomic E-state index is 12.6. The second-order valence-corrected chi connectivity index (χ2v) is 7.14. The highest BCUT2D eigenvalue weighted by Gasteiger charge is 2.24. The predicted octanol–water partition coefficient (Wildman–Crippen LogP) is 2.22. The van der Waals surface area contributed by atoms with Crippen molar-refractivity contribution in [2.75, 3.05) is 19.1 Å². The molecule has 2 rings (SSSR count). The molecule has 0 aliphatic heterocycles. The Kier molecular flexibility index (Phi) is 7.44. The van der Waals surface area contributed by atoms with Crippen LogP contribution in [0.3, 0.4) is 0 Å². The van der Waals surface area contributed by atoms with Crippen LogP contribution in [0.2, 0.25) is 5.02 Å². The van der Waals surface area contributed by atoms with Crippen LogP contribution in [0.4, 0.5) is 0 Å². The van der Waals surface area contributed by atoms with Gasteiger partial charge in [-0.15, -0.1) is 0 Å². The summed E-state index contributed by atoms with van der Waals surface area (Å²) in [5.74, 6) is -0.641. The normalized spacial score (nSPS) is 11.7. The Morgan fingerprint density at radius 2 is 2.00 bits per heavy atom. The largest absolute Gasteiger partial charge is 0.467 e. The number of amides is 1. The van der Waals surface area contributed by atoms with Gasteiger partial charge in [0, 0.05) is 16.8 Å². The van der Waals surface area contributed by atoms with Crippen LogP contribution >= 0.6 is 23.4 Å². The molecule has 1 amide bonds. The Balaban J connectivity index is 2.35. The molecule has 1 heterocycles. The molecule has 0 saturated heterocycles. The Hall–Kier alpha value is -2.32. The van der Waals surface area contributed by atoms with Crippen molar-refractivity contribution in [1.82, 2.24) is 15.1 Å². The molecular formula is C18H20ClN3O4S. The molecule has 1 aromatic heterocycles. The lowest BCUT2D eigenvalue weighted by atomic mass is 10.2. The summed E-state index contributed by atoms with van der Waals surface area (Å²) in [7, 11) is 1.25. The van der Waals surface area contributed by atoms with Crippen molar-refractivity contribution >= 4 is 35.2 Å². The molecule has 2 aromatic rings. The number of hydrogen-bond donors (Lipinski definition) is 1. The number of ether oxygens (including phenoxy) is 1. The first kappa shape index (κ1) is 21.0. The fourth-order valence-corrected chi connectivity index (χ4v) is 3.00. The van der Waals surface area contributed by atoms with Crippen LogP contribution in [0.25, 0.3) is 5.69 Å². The summed E-state index contributed by atoms with van der Waals surface area (Å²) < 4.78 is 6.19. The summed E-state index contributed by atoms with van der Waals surface area (Å²) in [6, 6.07) is 7.30. The van der Waals surface area contributed by atoms with Crippen LogP contribution in [0.1, 0.15) is 22.6 Å². The minimum atomic E-state index is -0.846. The number of halogens is 1. The Morgan fingerprint density at radius 1 is 1.33 bits per heavy atom. The van der Waals surface area contributed by atoms with E-state index < -0.39 is 23.3 Å². The van der Waals surface area contributed by atoms with Gasteiger partial charge in [0.1, 0.15) is 6.04 Å². The van der Waals surface area contributed by atoms with Gasteiger partial charge in [-0.2, -0.15) is 16.9 Å². The molecule has 1 N–H and O–H groups in total. The van der Waals surface area contributed by atoms with Gasteiger partial charge in [0.05, 0.1) is 12.8 Å². The number of methoxy groups -OCH3 is 1. The molecule has 0 spiro atoms. The molecule has 1 atom stereocenters. The lowest BCUT2D eigenvalue weighted by molar-refractivity contribution is -0.142. The van der Waals surface area contributed by atoms with Crippen molar-refractivity contribution in [3.05, 3.63) is 57.0 Å². The van der Waals surface area contributed by atoms with Crippen LogP contribution in [0.15, 0.2) is 35.1 Å². The van der Waals surface area contributed by atoms with Crippen molar-refractivity contribution < 1.29 is 14.3 Å². The van der Waals surface area contributed by atoms with Gasteiger partial charge < -0.3 is 10.1 Å². The third kappa shape index (κ3) is 5.33. The lowest BCUT2D eigenvalue weighted by Gasteiger charge is -2.16. The van der Waals surface area contributed by atoms with Crippen LogP contribution in [0.5, 0.6) is 0 Å². The Bertz CT molecular complexity index is 883. The number of aromatic nitrogens is 2. The van der Waals surface area contributed by atoms with Gasteiger partial charge in [-0.05, 0) is 49.6 Å². The third-order valence-electron chi connectivity index (χ3n) is 3.80. The molecule has 144 valence electrons. The summed E-state index contributed by atoms with van der Waals surface area (Å²) in [6.07, 6.45) is 2.28. The van der Waals surface area contributed by atoms with E-state index in [9.17, 15) is 14.4 Å². The standard InChI is InChI=1S/C18H20ClN3O4S/c1-11-10-15(23)16(21-22(11)13-6-4-12(19)5-7-13)17(24)20-14(8-9-27-3)18(25)26-2/h4-7,10,14H,8-9H2,1-3H3,(H,20,24). The van der Waals surface area contributed by atoms with Gasteiger partial charge in [0.2, 0.25) is 5.43 Å². The van der Waals surface area contributed by atoms with E-state index in [0.29, 0.717) is 28.6 Å². The molecule has 0 radical (unpaired) electrons. The molecule has 1 unspecified atom stereocenters. The molecule has 0 aliphatic carbocycles. The number of rotatable bonds is 7. The van der Waals surface area contributed by atoms with Gasteiger partial charge in [0.15, 0.2) is 5.69 Å². The van der Waals surface area contributed by atoms with Crippen LogP contribution in [-0.2, 0) is 9.53 Å². The van der Waals surface area contributed by atoms with Gasteiger partial charge in [-0.3, -0.25) is 9.59 Å². The van der Waals surface area contributed by atoms with Gasteiger partial charge in [-0.25, -0.2) is 9.48 Å². The van der Waals surface area contributed by atoms with E-state index >= 15 is 0 Å². The zero-order valence-corrected chi connectivity index (χ0v) is 16.8. The summed E-state index contributed by atoms with van der Waals surface area (Å²) in [4.78, 5) is 36.7. The quantitative estimate of drug-likeness (QED) is 0.705. The first-order valence-corrected chi connectivity index (χ1v) is 9.89. The Morgan fingerprint density at radius 3 is 2.59 bits per heavy atom. The van der Waals surface area contributed by atoms with Crippen molar-refractivity contribution in [1.29, 1.82) is 0 Å². The first-order valence-electron chi connectivity index (χ1n) is 8.12. The van der Waals surface area contributed by atoms with Crippen molar-refractivity contribution in [2.45, 2.75) is 19.4 Å². The number of carbonyl (C=O) groups is 2. The highest BCUT2D eigenvalue weighted by molar-refractivity contribution is 7.98. The summed E-state index contributed by atoms with van der Waals surface area (Å²) >= 11 is 7.43. The van der Waals surface area contributed by atoms with E-state index in [1.54, 1.807) is 31.2 Å². The predicted molar refractivity (Wildman–Crippen MR) is 106 cm³/mol. The molecule has 0 aliphatic rings. The van der Waals surface area contributed by atoms with Crippen LogP contribution in [-0.4, -0.2) is 46.8 Å². The van der Waals surface area contributed by atoms with E-state index in [2.05, 4.69) is 10.4 Å². The number of nitrogens with zero attached hydrogens (tertiary/aromatic N) is 2. The molecule has 0 saturated carbocycles. The lowest BCUT2D eigenvalue weighted by Crippen LogP contribution is -2.44. The highest BCUT2D eigenvalue weighted by Crippen LogP contribution is 2.14. The third-order valence-corrected chi connectivity index (χ3v) is 4.69. The van der Waals surface area contributed by atoms with Gasteiger partial charge in [-0.1, -0.05) is 11.6 Å². The molecule has 0 bridgehead atoms. The summed E-state index contributed by atoms with van der Waals surface area (Å²) in [5, 5.41) is 7.29. The van der Waals surface area contributed by atoms with E-state index in [1.165, 1.54) is 29.6 Å². The number of thioether (sulfide) groups is 1. The minimum absolute atomic E-state index is 0.298. The maximum Gasteiger partial charge on any atom is 0.328 e. The molecule has 27 heavy (non-hydrogen) atoms. The molecular weight excluding hydrogens is 390 g/mol. The van der Waals surface area contributed by atoms with Crippen LogP contribution in [0, 0.1) is 6.92 Å². The second kappa shape index (κ2) is 9.57. The summed E-state index contributed by atoms with van der Waals surface area (Å²) in [5.41, 5.74) is 0.390. The number of nitrogens with one attached hydrogen (secondary N) is 1. The number of aryl methyl sites for hydroxylation is 1. The fraction of sp³-hybridized carbons (Fsp3) is 0.333. The van der Waals surface area contributed by atoms with E-state index in [1.807, 2.05) is 6.26 Å². The highest BCUT2D eigenvalue weighted by atomic mass is 35.5. The Labute approximate surface area is 166 Å². The molecule has 7 nitrogen and oxygen atoms in total. The monoisotopic (exact) mass is 409 g/mol. The van der Waals surface area contributed by atoms with Gasteiger partial charge in [0.25, 0.3) is 5.91 Å². The van der Waals surface area contributed by atoms with Crippen LogP contribution < -0.4 is 10.7 Å².